The van der Waals surface area contributed by atoms with Gasteiger partial charge in [0.2, 0.25) is 11.6 Å². The van der Waals surface area contributed by atoms with E-state index in [1.54, 1.807) is 24.8 Å². The molecule has 8 nitrogen and oxygen atoms in total. The van der Waals surface area contributed by atoms with E-state index in [-0.39, 0.29) is 5.95 Å². The summed E-state index contributed by atoms with van der Waals surface area (Å²) in [6, 6.07) is 5.69. The fourth-order valence-electron chi connectivity index (χ4n) is 2.27. The van der Waals surface area contributed by atoms with E-state index in [1.807, 2.05) is 18.2 Å². The van der Waals surface area contributed by atoms with Crippen molar-refractivity contribution < 1.29 is 9.47 Å². The summed E-state index contributed by atoms with van der Waals surface area (Å²) < 4.78 is 12.1. The average Bonchev–Trinajstić information content (AvgIpc) is 2.89. The minimum absolute atomic E-state index is 0.276. The van der Waals surface area contributed by atoms with Crippen molar-refractivity contribution >= 4 is 17.4 Å². The van der Waals surface area contributed by atoms with Gasteiger partial charge < -0.3 is 20.9 Å². The Hall–Kier alpha value is -3.03. The molecule has 4 N–H and O–H groups in total. The highest BCUT2D eigenvalue weighted by molar-refractivity contribution is 5.61. The lowest BCUT2D eigenvalue weighted by Crippen LogP contribution is -2.04. The molecule has 0 atom stereocenters. The molecule has 0 spiro atoms. The molecule has 3 aromatic rings. The molecule has 3 rings (SSSR count). The van der Waals surface area contributed by atoms with Gasteiger partial charge in [0.15, 0.2) is 17.3 Å². The highest BCUT2D eigenvalue weighted by Gasteiger charge is 2.11. The van der Waals surface area contributed by atoms with Crippen molar-refractivity contribution in [2.45, 2.75) is 6.42 Å². The van der Waals surface area contributed by atoms with Crippen LogP contribution in [0.1, 0.15) is 11.3 Å². The molecule has 0 bridgehead atoms. The van der Waals surface area contributed by atoms with E-state index < -0.39 is 0 Å². The highest BCUT2D eigenvalue weighted by Crippen LogP contribution is 2.28. The van der Waals surface area contributed by atoms with Crippen molar-refractivity contribution in [3.05, 3.63) is 35.7 Å². The van der Waals surface area contributed by atoms with E-state index in [2.05, 4.69) is 15.2 Å². The minimum atomic E-state index is 0.276. The maximum Gasteiger partial charge on any atom is 0.226 e. The fraction of sp³-hybridized carbons (Fsp3) is 0.214. The summed E-state index contributed by atoms with van der Waals surface area (Å²) in [4.78, 5) is 4.33. The number of nitrogens with zero attached hydrogens (tertiary/aromatic N) is 4. The van der Waals surface area contributed by atoms with E-state index in [9.17, 15) is 0 Å². The predicted molar refractivity (Wildman–Crippen MR) is 82.0 cm³/mol. The Morgan fingerprint density at radius 2 is 1.86 bits per heavy atom. The Bertz CT molecular complexity index is 830. The molecule has 0 saturated heterocycles. The van der Waals surface area contributed by atoms with Gasteiger partial charge in [-0.25, -0.2) is 4.98 Å². The number of hydrogen-bond donors (Lipinski definition) is 2. The Morgan fingerprint density at radius 3 is 2.59 bits per heavy atom. The Morgan fingerprint density at radius 1 is 1.09 bits per heavy atom. The second kappa shape index (κ2) is 5.40. The molecule has 0 radical (unpaired) electrons. The van der Waals surface area contributed by atoms with Crippen LogP contribution in [0, 0.1) is 0 Å². The fourth-order valence-corrected chi connectivity index (χ4v) is 2.27. The quantitative estimate of drug-likeness (QED) is 0.735. The van der Waals surface area contributed by atoms with Gasteiger partial charge in [0.05, 0.1) is 19.9 Å². The lowest BCUT2D eigenvalue weighted by molar-refractivity contribution is 0.354. The molecule has 8 heteroatoms. The Kier molecular flexibility index (Phi) is 3.42. The summed E-state index contributed by atoms with van der Waals surface area (Å²) in [7, 11) is 3.20. The first-order valence-corrected chi connectivity index (χ1v) is 6.59. The molecule has 0 saturated carbocycles. The van der Waals surface area contributed by atoms with Crippen LogP contribution in [0.3, 0.4) is 0 Å². The standard InChI is InChI=1S/C14H16N6O2/c1-21-10-4-3-8(6-11(10)22-2)5-9-7-20-13(12(15)17-9)18-19-14(20)16/h3-4,6-7H,5H2,1-2H3,(H2,15,17)(H2,16,19). The number of ether oxygens (including phenoxy) is 2. The zero-order chi connectivity index (χ0) is 15.7. The Balaban J connectivity index is 1.97. The van der Waals surface area contributed by atoms with Gasteiger partial charge in [0, 0.05) is 12.6 Å². The molecule has 22 heavy (non-hydrogen) atoms. The van der Waals surface area contributed by atoms with Gasteiger partial charge in [-0.2, -0.15) is 0 Å². The van der Waals surface area contributed by atoms with E-state index in [0.717, 1.165) is 11.3 Å². The van der Waals surface area contributed by atoms with Crippen LogP contribution >= 0.6 is 0 Å². The van der Waals surface area contributed by atoms with Crippen molar-refractivity contribution in [3.8, 4) is 11.5 Å². The summed E-state index contributed by atoms with van der Waals surface area (Å²) in [5.74, 6) is 1.91. The van der Waals surface area contributed by atoms with Gasteiger partial charge >= 0.3 is 0 Å². The highest BCUT2D eigenvalue weighted by atomic mass is 16.5. The molecule has 1 aromatic carbocycles. The molecule has 2 heterocycles. The molecule has 0 aliphatic carbocycles. The maximum absolute atomic E-state index is 5.89. The zero-order valence-corrected chi connectivity index (χ0v) is 12.3. The maximum atomic E-state index is 5.89. The molecular formula is C14H16N6O2. The third-order valence-corrected chi connectivity index (χ3v) is 3.33. The van der Waals surface area contributed by atoms with Crippen molar-refractivity contribution in [1.29, 1.82) is 0 Å². The average molecular weight is 300 g/mol. The van der Waals surface area contributed by atoms with Crippen LogP contribution in [-0.2, 0) is 6.42 Å². The normalized spacial score (nSPS) is 10.8. The van der Waals surface area contributed by atoms with E-state index in [4.69, 9.17) is 20.9 Å². The van der Waals surface area contributed by atoms with Crippen LogP contribution in [0.15, 0.2) is 24.4 Å². The van der Waals surface area contributed by atoms with E-state index in [0.29, 0.717) is 29.4 Å². The van der Waals surface area contributed by atoms with Crippen LogP contribution in [0.2, 0.25) is 0 Å². The van der Waals surface area contributed by atoms with Crippen molar-refractivity contribution in [2.75, 3.05) is 25.7 Å². The Labute approximate surface area is 126 Å². The molecular weight excluding hydrogens is 284 g/mol. The summed E-state index contributed by atoms with van der Waals surface area (Å²) in [5, 5.41) is 7.67. The van der Waals surface area contributed by atoms with Crippen molar-refractivity contribution in [2.24, 2.45) is 0 Å². The van der Waals surface area contributed by atoms with Gasteiger partial charge in [0.25, 0.3) is 0 Å². The number of fused-ring (bicyclic) bond motifs is 1. The summed E-state index contributed by atoms with van der Waals surface area (Å²) in [5.41, 5.74) is 13.9. The number of benzene rings is 1. The van der Waals surface area contributed by atoms with Crippen LogP contribution in [0.5, 0.6) is 11.5 Å². The number of anilines is 2. The third-order valence-electron chi connectivity index (χ3n) is 3.33. The molecule has 0 amide bonds. The van der Waals surface area contributed by atoms with Gasteiger partial charge in [-0.3, -0.25) is 4.40 Å². The number of nitrogens with two attached hydrogens (primary N) is 2. The largest absolute Gasteiger partial charge is 0.493 e. The molecule has 0 fully saturated rings. The van der Waals surface area contributed by atoms with Crippen LogP contribution in [0.25, 0.3) is 5.65 Å². The van der Waals surface area contributed by atoms with Gasteiger partial charge in [-0.1, -0.05) is 6.07 Å². The smallest absolute Gasteiger partial charge is 0.226 e. The van der Waals surface area contributed by atoms with Crippen LogP contribution < -0.4 is 20.9 Å². The second-order valence-corrected chi connectivity index (χ2v) is 4.74. The number of rotatable bonds is 4. The molecule has 0 aliphatic rings. The van der Waals surface area contributed by atoms with Gasteiger partial charge in [0.1, 0.15) is 0 Å². The number of aromatic nitrogens is 4. The first kappa shape index (κ1) is 13.9. The van der Waals surface area contributed by atoms with E-state index in [1.165, 1.54) is 0 Å². The first-order chi connectivity index (χ1) is 10.6. The van der Waals surface area contributed by atoms with Gasteiger partial charge in [-0.05, 0) is 17.7 Å². The summed E-state index contributed by atoms with van der Waals surface area (Å²) in [6.07, 6.45) is 2.34. The van der Waals surface area contributed by atoms with Crippen LogP contribution in [0.4, 0.5) is 11.8 Å². The second-order valence-electron chi connectivity index (χ2n) is 4.74. The summed E-state index contributed by atoms with van der Waals surface area (Å²) >= 11 is 0. The van der Waals surface area contributed by atoms with Crippen molar-refractivity contribution in [1.82, 2.24) is 19.6 Å². The zero-order valence-electron chi connectivity index (χ0n) is 12.3. The minimum Gasteiger partial charge on any atom is -0.493 e. The van der Waals surface area contributed by atoms with Crippen molar-refractivity contribution in [3.63, 3.8) is 0 Å². The monoisotopic (exact) mass is 300 g/mol. The number of methoxy groups -OCH3 is 2. The summed E-state index contributed by atoms with van der Waals surface area (Å²) in [6.45, 7) is 0. The first-order valence-electron chi connectivity index (χ1n) is 6.59. The topological polar surface area (TPSA) is 114 Å². The van der Waals surface area contributed by atoms with Crippen LogP contribution in [-0.4, -0.2) is 33.8 Å². The predicted octanol–water partition coefficient (Wildman–Crippen LogP) is 0.897. The molecule has 2 aromatic heterocycles. The molecule has 0 unspecified atom stereocenters. The lowest BCUT2D eigenvalue weighted by atomic mass is 10.1. The number of hydrogen-bond acceptors (Lipinski definition) is 7. The molecule has 114 valence electrons. The number of nitrogen functional groups attached to an aromatic ring is 2. The molecule has 0 aliphatic heterocycles. The third kappa shape index (κ3) is 2.34. The SMILES string of the molecule is COc1ccc(Cc2cn3c(N)nnc3c(N)n2)cc1OC. The van der Waals surface area contributed by atoms with E-state index >= 15 is 0 Å². The lowest BCUT2D eigenvalue weighted by Gasteiger charge is -2.10. The van der Waals surface area contributed by atoms with Gasteiger partial charge in [-0.15, -0.1) is 10.2 Å².